The molecule has 2 aromatic rings. The summed E-state index contributed by atoms with van der Waals surface area (Å²) in [7, 11) is 0. The van der Waals surface area contributed by atoms with E-state index in [0.29, 0.717) is 13.0 Å². The van der Waals surface area contributed by atoms with Crippen molar-refractivity contribution >= 4 is 35.8 Å². The zero-order valence-electron chi connectivity index (χ0n) is 17.1. The summed E-state index contributed by atoms with van der Waals surface area (Å²) in [5.74, 6) is 2.82. The summed E-state index contributed by atoms with van der Waals surface area (Å²) < 4.78 is 1.95. The summed E-state index contributed by atoms with van der Waals surface area (Å²) in [5.41, 5.74) is 1.04. The molecule has 0 aromatic carbocycles. The minimum absolute atomic E-state index is 0. The van der Waals surface area contributed by atoms with Crippen molar-refractivity contribution in [3.63, 3.8) is 0 Å². The highest BCUT2D eigenvalue weighted by molar-refractivity contribution is 14.0. The fraction of sp³-hybridized carbons (Fsp3) is 0.500. The van der Waals surface area contributed by atoms with Crippen molar-refractivity contribution in [3.8, 4) is 5.82 Å². The van der Waals surface area contributed by atoms with Crippen LogP contribution in [0.3, 0.4) is 0 Å². The topological polar surface area (TPSA) is 87.4 Å². The Hall–Kier alpha value is -2.17. The maximum absolute atomic E-state index is 11.6. The maximum Gasteiger partial charge on any atom is 0.222 e. The molecule has 0 bridgehead atoms. The molecule has 2 aromatic heterocycles. The molecule has 9 heteroatoms. The van der Waals surface area contributed by atoms with Crippen LogP contribution >= 0.6 is 24.0 Å². The fourth-order valence-electron chi connectivity index (χ4n) is 3.20. The minimum Gasteiger partial charge on any atom is -0.357 e. The van der Waals surface area contributed by atoms with Gasteiger partial charge in [0.2, 0.25) is 5.91 Å². The molecule has 1 amide bonds. The Labute approximate surface area is 189 Å². The molecule has 2 N–H and O–H groups in total. The number of amides is 1. The Morgan fingerprint density at radius 1 is 1.28 bits per heavy atom. The van der Waals surface area contributed by atoms with E-state index in [1.54, 1.807) is 6.20 Å². The first kappa shape index (κ1) is 23.1. The van der Waals surface area contributed by atoms with Crippen LogP contribution in [0.15, 0.2) is 35.7 Å². The number of carbonyl (C=O) groups excluding carboxylic acids is 1. The summed E-state index contributed by atoms with van der Waals surface area (Å²) in [6, 6.07) is 4.01. The number of aryl methyl sites for hydroxylation is 1. The second-order valence-corrected chi connectivity index (χ2v) is 6.83. The normalized spacial score (nSPS) is 14.1. The van der Waals surface area contributed by atoms with Crippen LogP contribution in [0.5, 0.6) is 0 Å². The molecule has 3 heterocycles. The molecule has 1 aliphatic rings. The predicted octanol–water partition coefficient (Wildman–Crippen LogP) is 2.26. The van der Waals surface area contributed by atoms with E-state index in [-0.39, 0.29) is 29.9 Å². The largest absolute Gasteiger partial charge is 0.357 e. The van der Waals surface area contributed by atoms with E-state index in [0.717, 1.165) is 62.2 Å². The summed E-state index contributed by atoms with van der Waals surface area (Å²) in [6.45, 7) is 7.84. The van der Waals surface area contributed by atoms with Gasteiger partial charge in [-0.2, -0.15) is 0 Å². The summed E-state index contributed by atoms with van der Waals surface area (Å²) in [6.07, 6.45) is 8.12. The molecule has 0 spiro atoms. The fourth-order valence-corrected chi connectivity index (χ4v) is 3.20. The third-order valence-electron chi connectivity index (χ3n) is 4.71. The molecule has 29 heavy (non-hydrogen) atoms. The van der Waals surface area contributed by atoms with E-state index in [1.165, 1.54) is 0 Å². The van der Waals surface area contributed by atoms with E-state index in [1.807, 2.05) is 47.8 Å². The van der Waals surface area contributed by atoms with Gasteiger partial charge in [0.15, 0.2) is 5.96 Å². The summed E-state index contributed by atoms with van der Waals surface area (Å²) >= 11 is 0. The molecule has 0 unspecified atom stereocenters. The van der Waals surface area contributed by atoms with Crippen LogP contribution < -0.4 is 10.6 Å². The van der Waals surface area contributed by atoms with E-state index < -0.39 is 0 Å². The van der Waals surface area contributed by atoms with Crippen LogP contribution in [0.25, 0.3) is 5.82 Å². The van der Waals surface area contributed by atoms with E-state index in [2.05, 4.69) is 25.6 Å². The lowest BCUT2D eigenvalue weighted by Gasteiger charge is -2.16. The second kappa shape index (κ2) is 11.7. The van der Waals surface area contributed by atoms with Crippen molar-refractivity contribution in [2.45, 2.75) is 39.7 Å². The average Bonchev–Trinajstić information content (AvgIpc) is 3.31. The number of rotatable bonds is 8. The van der Waals surface area contributed by atoms with Crippen molar-refractivity contribution < 1.29 is 4.79 Å². The lowest BCUT2D eigenvalue weighted by Crippen LogP contribution is -2.39. The zero-order valence-corrected chi connectivity index (χ0v) is 19.4. The van der Waals surface area contributed by atoms with Gasteiger partial charge >= 0.3 is 0 Å². The number of aromatic nitrogens is 3. The number of aliphatic imine (C=N–C) groups is 1. The number of imidazole rings is 1. The van der Waals surface area contributed by atoms with Gasteiger partial charge in [-0.25, -0.2) is 15.0 Å². The van der Waals surface area contributed by atoms with Crippen molar-refractivity contribution in [2.75, 3.05) is 26.2 Å². The Kier molecular flexibility index (Phi) is 9.36. The molecule has 1 aliphatic heterocycles. The average molecular weight is 511 g/mol. The summed E-state index contributed by atoms with van der Waals surface area (Å²) in [4.78, 5) is 26.9. The number of hydrogen-bond donors (Lipinski definition) is 2. The molecule has 1 fully saturated rings. The monoisotopic (exact) mass is 511 g/mol. The first-order valence-corrected chi connectivity index (χ1v) is 9.92. The molecular weight excluding hydrogens is 481 g/mol. The number of nitrogens with one attached hydrogen (secondary N) is 2. The number of hydrogen-bond acceptors (Lipinski definition) is 4. The Morgan fingerprint density at radius 3 is 2.76 bits per heavy atom. The molecule has 0 saturated carbocycles. The van der Waals surface area contributed by atoms with Gasteiger partial charge in [-0.3, -0.25) is 9.36 Å². The Morgan fingerprint density at radius 2 is 2.14 bits per heavy atom. The molecule has 158 valence electrons. The highest BCUT2D eigenvalue weighted by Gasteiger charge is 2.18. The molecule has 1 saturated heterocycles. The molecule has 8 nitrogen and oxygen atoms in total. The van der Waals surface area contributed by atoms with E-state index in [4.69, 9.17) is 0 Å². The van der Waals surface area contributed by atoms with Gasteiger partial charge in [0.25, 0.3) is 0 Å². The standard InChI is InChI=1S/C20H29N7O.HI/c1-3-21-20(23-9-5-12-26-11-4-6-19(26)28)25-15-17-7-8-18(24-14-17)27-13-10-22-16(27)2;/h7-8,10,13-14H,3-6,9,11-12,15H2,1-2H3,(H2,21,23,25);1H. The van der Waals surface area contributed by atoms with Crippen molar-refractivity contribution in [3.05, 3.63) is 42.1 Å². The van der Waals surface area contributed by atoms with E-state index in [9.17, 15) is 4.79 Å². The quantitative estimate of drug-likeness (QED) is 0.246. The van der Waals surface area contributed by atoms with E-state index >= 15 is 0 Å². The van der Waals surface area contributed by atoms with Crippen LogP contribution in [0.1, 0.15) is 37.6 Å². The van der Waals surface area contributed by atoms with Crippen LogP contribution in [0, 0.1) is 6.92 Å². The van der Waals surface area contributed by atoms with Gasteiger partial charge in [0.1, 0.15) is 11.6 Å². The first-order chi connectivity index (χ1) is 13.7. The minimum atomic E-state index is 0. The zero-order chi connectivity index (χ0) is 19.8. The predicted molar refractivity (Wildman–Crippen MR) is 125 cm³/mol. The van der Waals surface area contributed by atoms with Crippen LogP contribution in [0.4, 0.5) is 0 Å². The number of nitrogens with zero attached hydrogens (tertiary/aromatic N) is 5. The third kappa shape index (κ3) is 6.69. The third-order valence-corrected chi connectivity index (χ3v) is 4.71. The number of carbonyl (C=O) groups is 1. The number of halogens is 1. The van der Waals surface area contributed by atoms with Gasteiger partial charge in [0.05, 0.1) is 6.54 Å². The van der Waals surface area contributed by atoms with Crippen molar-refractivity contribution in [2.24, 2.45) is 4.99 Å². The van der Waals surface area contributed by atoms with Crippen LogP contribution in [-0.2, 0) is 11.3 Å². The number of likely N-dealkylation sites (tertiary alicyclic amines) is 1. The van der Waals surface area contributed by atoms with Crippen LogP contribution in [-0.4, -0.2) is 57.5 Å². The lowest BCUT2D eigenvalue weighted by atomic mass is 10.3. The number of guanidine groups is 1. The van der Waals surface area contributed by atoms with Crippen molar-refractivity contribution in [1.29, 1.82) is 0 Å². The van der Waals surface area contributed by atoms with Gasteiger partial charge in [-0.15, -0.1) is 24.0 Å². The smallest absolute Gasteiger partial charge is 0.222 e. The highest BCUT2D eigenvalue weighted by Crippen LogP contribution is 2.10. The maximum atomic E-state index is 11.6. The van der Waals surface area contributed by atoms with Gasteiger partial charge in [-0.1, -0.05) is 6.07 Å². The molecule has 0 atom stereocenters. The van der Waals surface area contributed by atoms with Crippen molar-refractivity contribution in [1.82, 2.24) is 30.1 Å². The number of pyridine rings is 1. The molecule has 0 radical (unpaired) electrons. The van der Waals surface area contributed by atoms with Gasteiger partial charge in [-0.05, 0) is 38.3 Å². The van der Waals surface area contributed by atoms with Gasteiger partial charge < -0.3 is 15.5 Å². The molecule has 0 aliphatic carbocycles. The molecule has 3 rings (SSSR count). The first-order valence-electron chi connectivity index (χ1n) is 9.92. The molecular formula is C20H30IN7O. The van der Waals surface area contributed by atoms with Crippen LogP contribution in [0.2, 0.25) is 0 Å². The summed E-state index contributed by atoms with van der Waals surface area (Å²) in [5, 5.41) is 6.60. The lowest BCUT2D eigenvalue weighted by molar-refractivity contribution is -0.127. The van der Waals surface area contributed by atoms with Gasteiger partial charge in [0, 0.05) is 51.2 Å². The highest BCUT2D eigenvalue weighted by atomic mass is 127. The Bertz CT molecular complexity index is 803. The Balaban J connectivity index is 0.00000300. The SMILES string of the molecule is CCNC(=NCc1ccc(-n2ccnc2C)nc1)NCCCN1CCCC1=O.I. The second-order valence-electron chi connectivity index (χ2n) is 6.83.